The van der Waals surface area contributed by atoms with Crippen molar-refractivity contribution in [1.29, 1.82) is 0 Å². The number of carboxylic acids is 1. The molecular weight excluding hydrogens is 276 g/mol. The van der Waals surface area contributed by atoms with Crippen LogP contribution < -0.4 is 0 Å². The molecule has 0 aliphatic carbocycles. The minimum Gasteiger partial charge on any atom is -0.507 e. The molecule has 3 nitrogen and oxygen atoms in total. The van der Waals surface area contributed by atoms with Gasteiger partial charge in [-0.3, -0.25) is 0 Å². The topological polar surface area (TPSA) is 57.5 Å². The number of aromatic hydroxyl groups is 1. The summed E-state index contributed by atoms with van der Waals surface area (Å²) in [4.78, 5) is 11.0. The first-order valence-corrected chi connectivity index (χ1v) is 8.62. The average molecular weight is 306 g/mol. The second-order valence-corrected chi connectivity index (χ2v) is 6.25. The van der Waals surface area contributed by atoms with Crippen LogP contribution >= 0.6 is 0 Å². The fourth-order valence-electron chi connectivity index (χ4n) is 2.78. The van der Waals surface area contributed by atoms with Crippen LogP contribution in [0.25, 0.3) is 0 Å². The number of carbonyl (C=O) groups is 1. The first-order chi connectivity index (χ1) is 10.6. The minimum atomic E-state index is -1.07. The SMILES string of the molecule is CCCCCCCCCCC(C)c1ccc(O)c(C(=O)O)c1. The zero-order valence-corrected chi connectivity index (χ0v) is 14.0. The number of unbranched alkanes of at least 4 members (excludes halogenated alkanes) is 7. The van der Waals surface area contributed by atoms with Gasteiger partial charge in [0.15, 0.2) is 0 Å². The van der Waals surface area contributed by atoms with Gasteiger partial charge in [-0.2, -0.15) is 0 Å². The number of benzene rings is 1. The van der Waals surface area contributed by atoms with E-state index in [2.05, 4.69) is 13.8 Å². The quantitative estimate of drug-likeness (QED) is 0.514. The maximum Gasteiger partial charge on any atom is 0.339 e. The standard InChI is InChI=1S/C19H30O3/c1-3-4-5-6-7-8-9-10-11-15(2)16-12-13-18(20)17(14-16)19(21)22/h12-15,20H,3-11H2,1-2H3,(H,21,22). The van der Waals surface area contributed by atoms with Gasteiger partial charge in [-0.1, -0.05) is 71.3 Å². The highest BCUT2D eigenvalue weighted by atomic mass is 16.4. The second kappa shape index (κ2) is 10.3. The molecule has 0 amide bonds. The van der Waals surface area contributed by atoms with E-state index in [4.69, 9.17) is 5.11 Å². The van der Waals surface area contributed by atoms with Crippen LogP contribution in [0.4, 0.5) is 0 Å². The van der Waals surface area contributed by atoms with Crippen molar-refractivity contribution in [2.75, 3.05) is 0 Å². The third-order valence-electron chi connectivity index (χ3n) is 4.31. The fourth-order valence-corrected chi connectivity index (χ4v) is 2.78. The highest BCUT2D eigenvalue weighted by Crippen LogP contribution is 2.27. The highest BCUT2D eigenvalue weighted by molar-refractivity contribution is 5.90. The lowest BCUT2D eigenvalue weighted by atomic mass is 9.93. The Balaban J connectivity index is 2.29. The number of hydrogen-bond acceptors (Lipinski definition) is 2. The first kappa shape index (κ1) is 18.5. The Kier molecular flexibility index (Phi) is 8.64. The summed E-state index contributed by atoms with van der Waals surface area (Å²) in [6.07, 6.45) is 11.5. The van der Waals surface area contributed by atoms with E-state index in [0.29, 0.717) is 5.92 Å². The Morgan fingerprint density at radius 2 is 1.64 bits per heavy atom. The van der Waals surface area contributed by atoms with Gasteiger partial charge in [0.25, 0.3) is 0 Å². The van der Waals surface area contributed by atoms with E-state index in [1.807, 2.05) is 6.07 Å². The molecule has 124 valence electrons. The molecule has 2 N–H and O–H groups in total. The number of hydrogen-bond donors (Lipinski definition) is 2. The number of aromatic carboxylic acids is 1. The summed E-state index contributed by atoms with van der Waals surface area (Å²) >= 11 is 0. The van der Waals surface area contributed by atoms with E-state index in [-0.39, 0.29) is 11.3 Å². The largest absolute Gasteiger partial charge is 0.507 e. The van der Waals surface area contributed by atoms with Gasteiger partial charge in [0.05, 0.1) is 0 Å². The Hall–Kier alpha value is -1.51. The van der Waals surface area contributed by atoms with Crippen molar-refractivity contribution in [3.63, 3.8) is 0 Å². The van der Waals surface area contributed by atoms with Crippen LogP contribution in [0.3, 0.4) is 0 Å². The van der Waals surface area contributed by atoms with Crippen LogP contribution in [0.1, 0.15) is 93.5 Å². The lowest BCUT2D eigenvalue weighted by Gasteiger charge is -2.13. The summed E-state index contributed by atoms with van der Waals surface area (Å²) < 4.78 is 0. The molecule has 0 saturated carbocycles. The van der Waals surface area contributed by atoms with Crippen molar-refractivity contribution in [3.05, 3.63) is 29.3 Å². The Bertz CT molecular complexity index is 454. The van der Waals surface area contributed by atoms with Crippen molar-refractivity contribution in [3.8, 4) is 5.75 Å². The first-order valence-electron chi connectivity index (χ1n) is 8.62. The molecule has 1 aromatic rings. The van der Waals surface area contributed by atoms with Gasteiger partial charge in [0.1, 0.15) is 11.3 Å². The summed E-state index contributed by atoms with van der Waals surface area (Å²) in [6.45, 7) is 4.36. The van der Waals surface area contributed by atoms with Gasteiger partial charge in [-0.15, -0.1) is 0 Å². The molecule has 0 heterocycles. The van der Waals surface area contributed by atoms with E-state index < -0.39 is 5.97 Å². The summed E-state index contributed by atoms with van der Waals surface area (Å²) in [6, 6.07) is 4.92. The Morgan fingerprint density at radius 1 is 1.05 bits per heavy atom. The Morgan fingerprint density at radius 3 is 2.23 bits per heavy atom. The molecule has 0 bridgehead atoms. The van der Waals surface area contributed by atoms with Crippen LogP contribution in [0.5, 0.6) is 5.75 Å². The predicted molar refractivity (Wildman–Crippen MR) is 90.7 cm³/mol. The molecule has 0 spiro atoms. The van der Waals surface area contributed by atoms with E-state index >= 15 is 0 Å². The Labute approximate surface area is 134 Å². The molecule has 0 fully saturated rings. The van der Waals surface area contributed by atoms with E-state index in [1.165, 1.54) is 57.4 Å². The third kappa shape index (κ3) is 6.50. The van der Waals surface area contributed by atoms with Crippen molar-refractivity contribution in [2.24, 2.45) is 0 Å². The van der Waals surface area contributed by atoms with Crippen molar-refractivity contribution < 1.29 is 15.0 Å². The second-order valence-electron chi connectivity index (χ2n) is 6.25. The normalized spacial score (nSPS) is 12.3. The molecule has 0 aromatic heterocycles. The van der Waals surface area contributed by atoms with Crippen molar-refractivity contribution in [2.45, 2.75) is 77.6 Å². The van der Waals surface area contributed by atoms with Crippen molar-refractivity contribution >= 4 is 5.97 Å². The van der Waals surface area contributed by atoms with Gasteiger partial charge >= 0.3 is 5.97 Å². The molecule has 0 radical (unpaired) electrons. The van der Waals surface area contributed by atoms with Crippen molar-refractivity contribution in [1.82, 2.24) is 0 Å². The zero-order chi connectivity index (χ0) is 16.4. The fraction of sp³-hybridized carbons (Fsp3) is 0.632. The summed E-state index contributed by atoms with van der Waals surface area (Å²) in [7, 11) is 0. The van der Waals surface area contributed by atoms with Gasteiger partial charge in [-0.25, -0.2) is 4.79 Å². The molecule has 0 aliphatic rings. The van der Waals surface area contributed by atoms with Crippen LogP contribution in [0, 0.1) is 0 Å². The van der Waals surface area contributed by atoms with Gasteiger partial charge in [0.2, 0.25) is 0 Å². The van der Waals surface area contributed by atoms with Gasteiger partial charge in [-0.05, 0) is 30.0 Å². The summed E-state index contributed by atoms with van der Waals surface area (Å²) in [5.74, 6) is -0.895. The van der Waals surface area contributed by atoms with Gasteiger partial charge in [0, 0.05) is 0 Å². The molecule has 1 rings (SSSR count). The van der Waals surface area contributed by atoms with Gasteiger partial charge < -0.3 is 10.2 Å². The maximum atomic E-state index is 11.0. The van der Waals surface area contributed by atoms with Crippen LogP contribution in [0.2, 0.25) is 0 Å². The molecule has 3 heteroatoms. The predicted octanol–water partition coefficient (Wildman–Crippen LogP) is 5.72. The molecule has 1 aromatic carbocycles. The monoisotopic (exact) mass is 306 g/mol. The summed E-state index contributed by atoms with van der Waals surface area (Å²) in [5, 5.41) is 18.6. The van der Waals surface area contributed by atoms with E-state index in [0.717, 1.165) is 12.0 Å². The number of rotatable bonds is 11. The molecular formula is C19H30O3. The maximum absolute atomic E-state index is 11.0. The molecule has 1 atom stereocenters. The zero-order valence-electron chi connectivity index (χ0n) is 14.0. The molecule has 22 heavy (non-hydrogen) atoms. The van der Waals surface area contributed by atoms with E-state index in [9.17, 15) is 9.90 Å². The van der Waals surface area contributed by atoms with Crippen LogP contribution in [0.15, 0.2) is 18.2 Å². The van der Waals surface area contributed by atoms with Crippen LogP contribution in [-0.4, -0.2) is 16.2 Å². The van der Waals surface area contributed by atoms with Crippen LogP contribution in [-0.2, 0) is 0 Å². The van der Waals surface area contributed by atoms with E-state index in [1.54, 1.807) is 6.07 Å². The lowest BCUT2D eigenvalue weighted by molar-refractivity contribution is 0.0693. The number of carboxylic acid groups (broad SMARTS) is 1. The molecule has 1 unspecified atom stereocenters. The smallest absolute Gasteiger partial charge is 0.339 e. The number of phenols is 1. The molecule has 0 aliphatic heterocycles. The lowest BCUT2D eigenvalue weighted by Crippen LogP contribution is -2.00. The third-order valence-corrected chi connectivity index (χ3v) is 4.31. The average Bonchev–Trinajstić information content (AvgIpc) is 2.49. The minimum absolute atomic E-state index is 0.000254. The summed E-state index contributed by atoms with van der Waals surface area (Å²) in [5.41, 5.74) is 0.999. The molecule has 0 saturated heterocycles. The highest BCUT2D eigenvalue weighted by Gasteiger charge is 2.13.